The summed E-state index contributed by atoms with van der Waals surface area (Å²) in [5.41, 5.74) is 1.14. The molecule has 18 heavy (non-hydrogen) atoms. The highest BCUT2D eigenvalue weighted by Gasteiger charge is 2.36. The first-order valence-corrected chi connectivity index (χ1v) is 6.59. The van der Waals surface area contributed by atoms with Gasteiger partial charge in [-0.1, -0.05) is 30.3 Å². The molecule has 0 aliphatic heterocycles. The molecule has 0 bridgehead atoms. The Morgan fingerprint density at radius 2 is 1.72 bits per heavy atom. The van der Waals surface area contributed by atoms with Crippen LogP contribution in [0.25, 0.3) is 0 Å². The molecule has 1 saturated carbocycles. The number of alkyl halides is 2. The van der Waals surface area contributed by atoms with E-state index in [4.69, 9.17) is 4.74 Å². The van der Waals surface area contributed by atoms with Gasteiger partial charge < -0.3 is 4.74 Å². The smallest absolute Gasteiger partial charge is 0.248 e. The van der Waals surface area contributed by atoms with Crippen molar-refractivity contribution in [2.24, 2.45) is 5.92 Å². The van der Waals surface area contributed by atoms with Crippen molar-refractivity contribution < 1.29 is 13.5 Å². The van der Waals surface area contributed by atoms with E-state index in [9.17, 15) is 8.78 Å². The first kappa shape index (κ1) is 13.5. The summed E-state index contributed by atoms with van der Waals surface area (Å²) in [6.45, 7) is 1.61. The predicted octanol–water partition coefficient (Wildman–Crippen LogP) is 4.42. The zero-order chi connectivity index (χ0) is 13.0. The maximum absolute atomic E-state index is 13.1. The average Bonchev–Trinajstić information content (AvgIpc) is 2.37. The predicted molar refractivity (Wildman–Crippen MR) is 67.6 cm³/mol. The molecule has 0 N–H and O–H groups in total. The first-order chi connectivity index (χ1) is 8.55. The van der Waals surface area contributed by atoms with E-state index in [1.54, 1.807) is 0 Å². The van der Waals surface area contributed by atoms with Crippen LogP contribution < -0.4 is 0 Å². The van der Waals surface area contributed by atoms with Gasteiger partial charge in [0.05, 0.1) is 12.7 Å². The molecule has 100 valence electrons. The minimum Gasteiger partial charge on any atom is -0.374 e. The van der Waals surface area contributed by atoms with Crippen LogP contribution in [0.3, 0.4) is 0 Å². The number of rotatable bonds is 4. The van der Waals surface area contributed by atoms with Crippen molar-refractivity contribution in [1.82, 2.24) is 0 Å². The van der Waals surface area contributed by atoms with Crippen molar-refractivity contribution in [2.45, 2.75) is 51.2 Å². The molecule has 1 nitrogen and oxygen atoms in total. The van der Waals surface area contributed by atoms with Crippen LogP contribution in [0, 0.1) is 5.92 Å². The Hall–Kier alpha value is -0.960. The van der Waals surface area contributed by atoms with E-state index >= 15 is 0 Å². The summed E-state index contributed by atoms with van der Waals surface area (Å²) in [6, 6.07) is 9.97. The summed E-state index contributed by atoms with van der Waals surface area (Å²) >= 11 is 0. The lowest BCUT2D eigenvalue weighted by molar-refractivity contribution is -0.0773. The van der Waals surface area contributed by atoms with Crippen molar-refractivity contribution in [2.75, 3.05) is 0 Å². The topological polar surface area (TPSA) is 9.23 Å². The number of benzene rings is 1. The summed E-state index contributed by atoms with van der Waals surface area (Å²) in [4.78, 5) is 0. The van der Waals surface area contributed by atoms with Crippen molar-refractivity contribution in [3.05, 3.63) is 35.9 Å². The van der Waals surface area contributed by atoms with Crippen LogP contribution in [-0.4, -0.2) is 12.0 Å². The Morgan fingerprint density at radius 1 is 1.11 bits per heavy atom. The Kier molecular flexibility index (Phi) is 4.33. The van der Waals surface area contributed by atoms with E-state index in [1.807, 2.05) is 30.3 Å². The van der Waals surface area contributed by atoms with Gasteiger partial charge in [0.15, 0.2) is 0 Å². The Balaban J connectivity index is 1.74. The molecule has 0 atom stereocenters. The Bertz CT molecular complexity index is 351. The molecule has 0 heterocycles. The Labute approximate surface area is 107 Å². The van der Waals surface area contributed by atoms with E-state index < -0.39 is 11.8 Å². The van der Waals surface area contributed by atoms with Gasteiger partial charge in [0.25, 0.3) is 0 Å². The molecule has 1 fully saturated rings. The molecule has 0 amide bonds. The molecule has 0 spiro atoms. The van der Waals surface area contributed by atoms with Crippen LogP contribution in [0.5, 0.6) is 0 Å². The fourth-order valence-corrected chi connectivity index (χ4v) is 2.52. The van der Waals surface area contributed by atoms with Gasteiger partial charge in [-0.3, -0.25) is 0 Å². The van der Waals surface area contributed by atoms with Gasteiger partial charge in [0.2, 0.25) is 5.92 Å². The van der Waals surface area contributed by atoms with Crippen molar-refractivity contribution >= 4 is 0 Å². The number of hydrogen-bond donors (Lipinski definition) is 0. The van der Waals surface area contributed by atoms with Gasteiger partial charge in [0.1, 0.15) is 0 Å². The van der Waals surface area contributed by atoms with Gasteiger partial charge in [-0.2, -0.15) is 0 Å². The maximum atomic E-state index is 13.1. The molecule has 0 radical (unpaired) electrons. The van der Waals surface area contributed by atoms with E-state index in [-0.39, 0.29) is 6.10 Å². The van der Waals surface area contributed by atoms with Gasteiger partial charge >= 0.3 is 0 Å². The van der Waals surface area contributed by atoms with Gasteiger partial charge in [0, 0.05) is 5.92 Å². The van der Waals surface area contributed by atoms with Crippen LogP contribution >= 0.6 is 0 Å². The van der Waals surface area contributed by atoms with E-state index in [0.29, 0.717) is 19.4 Å². The third kappa shape index (κ3) is 3.77. The fraction of sp³-hybridized carbons (Fsp3) is 0.600. The summed E-state index contributed by atoms with van der Waals surface area (Å²) in [6.07, 6.45) is 2.79. The van der Waals surface area contributed by atoms with E-state index in [0.717, 1.165) is 25.3 Å². The van der Waals surface area contributed by atoms with Crippen LogP contribution in [0.4, 0.5) is 8.78 Å². The number of ether oxygens (including phenoxy) is 1. The second-order valence-electron chi connectivity index (χ2n) is 5.23. The number of halogens is 2. The first-order valence-electron chi connectivity index (χ1n) is 6.59. The lowest BCUT2D eigenvalue weighted by Gasteiger charge is -2.31. The molecule has 3 heteroatoms. The normalized spacial score (nSPS) is 25.1. The molecule has 1 aromatic carbocycles. The summed E-state index contributed by atoms with van der Waals surface area (Å²) in [5, 5.41) is 0. The third-order valence-electron chi connectivity index (χ3n) is 3.72. The lowest BCUT2D eigenvalue weighted by Crippen LogP contribution is -2.31. The van der Waals surface area contributed by atoms with Gasteiger partial charge in [-0.05, 0) is 38.2 Å². The highest BCUT2D eigenvalue weighted by molar-refractivity contribution is 5.13. The molecule has 0 unspecified atom stereocenters. The summed E-state index contributed by atoms with van der Waals surface area (Å²) in [5.74, 6) is -3.00. The third-order valence-corrected chi connectivity index (χ3v) is 3.72. The molecule has 1 aliphatic rings. The molecule has 1 aliphatic carbocycles. The molecule has 2 rings (SSSR count). The second kappa shape index (κ2) is 5.79. The molecule has 1 aromatic rings. The van der Waals surface area contributed by atoms with E-state index in [2.05, 4.69) is 0 Å². The standard InChI is InChI=1S/C15H20F2O/c1-15(16,17)13-7-9-14(10-8-13)18-11-12-5-3-2-4-6-12/h2-6,13-14H,7-11H2,1H3/t13-,14+. The SMILES string of the molecule is CC(F)(F)[C@H]1CC[C@@H](OCc2ccccc2)CC1. The number of hydrogen-bond acceptors (Lipinski definition) is 1. The summed E-state index contributed by atoms with van der Waals surface area (Å²) in [7, 11) is 0. The molecular weight excluding hydrogens is 234 g/mol. The lowest BCUT2D eigenvalue weighted by atomic mass is 9.84. The molecular formula is C15H20F2O. The molecule has 0 saturated heterocycles. The largest absolute Gasteiger partial charge is 0.374 e. The quantitative estimate of drug-likeness (QED) is 0.773. The van der Waals surface area contributed by atoms with Gasteiger partial charge in [-0.15, -0.1) is 0 Å². The van der Waals surface area contributed by atoms with Crippen LogP contribution in [0.15, 0.2) is 30.3 Å². The van der Waals surface area contributed by atoms with Crippen LogP contribution in [0.2, 0.25) is 0 Å². The van der Waals surface area contributed by atoms with Crippen molar-refractivity contribution in [3.8, 4) is 0 Å². The van der Waals surface area contributed by atoms with Crippen LogP contribution in [0.1, 0.15) is 38.2 Å². The second-order valence-corrected chi connectivity index (χ2v) is 5.23. The van der Waals surface area contributed by atoms with Crippen molar-refractivity contribution in [1.29, 1.82) is 0 Å². The average molecular weight is 254 g/mol. The molecule has 0 aromatic heterocycles. The summed E-state index contributed by atoms with van der Waals surface area (Å²) < 4.78 is 32.1. The minimum absolute atomic E-state index is 0.142. The van der Waals surface area contributed by atoms with Crippen LogP contribution in [-0.2, 0) is 11.3 Å². The monoisotopic (exact) mass is 254 g/mol. The maximum Gasteiger partial charge on any atom is 0.248 e. The van der Waals surface area contributed by atoms with Gasteiger partial charge in [-0.25, -0.2) is 8.78 Å². The highest BCUT2D eigenvalue weighted by Crippen LogP contribution is 2.37. The van der Waals surface area contributed by atoms with Crippen molar-refractivity contribution in [3.63, 3.8) is 0 Å². The fourth-order valence-electron chi connectivity index (χ4n) is 2.52. The van der Waals surface area contributed by atoms with E-state index in [1.165, 1.54) is 0 Å². The highest BCUT2D eigenvalue weighted by atomic mass is 19.3. The zero-order valence-electron chi connectivity index (χ0n) is 10.7. The Morgan fingerprint density at radius 3 is 2.28 bits per heavy atom. The zero-order valence-corrected chi connectivity index (χ0v) is 10.7. The minimum atomic E-state index is -2.54.